The molecule has 1 aliphatic heterocycles. The van der Waals surface area contributed by atoms with Crippen molar-refractivity contribution in [1.29, 1.82) is 0 Å². The minimum Gasteiger partial charge on any atom is -0.323 e. The maximum absolute atomic E-state index is 12.5. The first kappa shape index (κ1) is 16.4. The van der Waals surface area contributed by atoms with Gasteiger partial charge >= 0.3 is 7.60 Å². The van der Waals surface area contributed by atoms with Gasteiger partial charge in [-0.3, -0.25) is 9.46 Å². The van der Waals surface area contributed by atoms with Gasteiger partial charge in [-0.1, -0.05) is 67.6 Å². The van der Waals surface area contributed by atoms with Gasteiger partial charge in [-0.15, -0.1) is 0 Å². The van der Waals surface area contributed by atoms with Crippen LogP contribution in [0.1, 0.15) is 30.5 Å². The van der Waals surface area contributed by atoms with Crippen molar-refractivity contribution in [2.75, 3.05) is 6.61 Å². The van der Waals surface area contributed by atoms with Crippen LogP contribution in [0.5, 0.6) is 0 Å². The second kappa shape index (κ2) is 6.98. The largest absolute Gasteiger partial charge is 0.345 e. The van der Waals surface area contributed by atoms with Crippen LogP contribution in [0.25, 0.3) is 0 Å². The van der Waals surface area contributed by atoms with Crippen LogP contribution in [0.3, 0.4) is 0 Å². The summed E-state index contributed by atoms with van der Waals surface area (Å²) >= 11 is 0. The highest BCUT2D eigenvalue weighted by Gasteiger charge is 2.44. The van der Waals surface area contributed by atoms with E-state index in [1.807, 2.05) is 67.6 Å². The van der Waals surface area contributed by atoms with Crippen LogP contribution in [-0.2, 0) is 15.6 Å². The van der Waals surface area contributed by atoms with Crippen LogP contribution < -0.4 is 0 Å². The monoisotopic (exact) mass is 331 g/mol. The highest BCUT2D eigenvalue weighted by Crippen LogP contribution is 2.56. The molecule has 122 valence electrons. The summed E-state index contributed by atoms with van der Waals surface area (Å²) in [4.78, 5) is 12.4. The van der Waals surface area contributed by atoms with Crippen LogP contribution >= 0.6 is 7.60 Å². The first-order chi connectivity index (χ1) is 11.1. The Morgan fingerprint density at radius 3 is 2.35 bits per heavy atom. The van der Waals surface area contributed by atoms with Crippen molar-refractivity contribution in [3.8, 4) is 0 Å². The van der Waals surface area contributed by atoms with Crippen molar-refractivity contribution in [3.63, 3.8) is 0 Å². The van der Waals surface area contributed by atoms with E-state index in [4.69, 9.17) is 4.52 Å². The minimum atomic E-state index is -3.62. The lowest BCUT2D eigenvalue weighted by atomic mass is 10.0. The Bertz CT molecular complexity index is 677. The van der Waals surface area contributed by atoms with Gasteiger partial charge in [0.15, 0.2) is 0 Å². The number of hydrogen-bond acceptors (Lipinski definition) is 3. The first-order valence-electron chi connectivity index (χ1n) is 7.93. The third-order valence-electron chi connectivity index (χ3n) is 4.33. The first-order valence-corrected chi connectivity index (χ1v) is 9.58. The third-order valence-corrected chi connectivity index (χ3v) is 6.27. The van der Waals surface area contributed by atoms with Crippen molar-refractivity contribution in [2.45, 2.75) is 31.7 Å². The van der Waals surface area contributed by atoms with Crippen molar-refractivity contribution < 1.29 is 14.0 Å². The summed E-state index contributed by atoms with van der Waals surface area (Å²) in [5, 5.41) is 0. The molecule has 2 aromatic rings. The van der Waals surface area contributed by atoms with Crippen LogP contribution in [0.2, 0.25) is 0 Å². The van der Waals surface area contributed by atoms with E-state index in [9.17, 15) is 9.46 Å². The second-order valence-corrected chi connectivity index (χ2v) is 7.82. The zero-order valence-electron chi connectivity index (χ0n) is 13.2. The van der Waals surface area contributed by atoms with E-state index >= 15 is 0 Å². The summed E-state index contributed by atoms with van der Waals surface area (Å²) in [6, 6.07) is 20.1. The van der Waals surface area contributed by atoms with Crippen LogP contribution in [0, 0.1) is 0 Å². The second-order valence-electron chi connectivity index (χ2n) is 5.83. The SMILES string of the molecule is CC[C@H]1N(Cc2ccccc2)[C@H](c2ccccc2)COP1(=O)O. The molecular formula is C18H22NO3P. The average molecular weight is 331 g/mol. The average Bonchev–Trinajstić information content (AvgIpc) is 2.56. The molecule has 0 saturated carbocycles. The lowest BCUT2D eigenvalue weighted by Gasteiger charge is -2.43. The molecule has 4 nitrogen and oxygen atoms in total. The molecule has 1 N–H and O–H groups in total. The summed E-state index contributed by atoms with van der Waals surface area (Å²) in [6.45, 7) is 2.80. The van der Waals surface area contributed by atoms with E-state index < -0.39 is 13.4 Å². The van der Waals surface area contributed by atoms with E-state index in [1.54, 1.807) is 0 Å². The highest BCUT2D eigenvalue weighted by atomic mass is 31.2. The van der Waals surface area contributed by atoms with Gasteiger partial charge in [0.25, 0.3) is 0 Å². The number of rotatable bonds is 4. The quantitative estimate of drug-likeness (QED) is 0.854. The molecule has 2 aromatic carbocycles. The zero-order valence-corrected chi connectivity index (χ0v) is 14.1. The smallest absolute Gasteiger partial charge is 0.323 e. The molecule has 0 aliphatic carbocycles. The molecule has 3 rings (SSSR count). The zero-order chi connectivity index (χ0) is 16.3. The van der Waals surface area contributed by atoms with Gasteiger partial charge in [0.1, 0.15) is 5.78 Å². The van der Waals surface area contributed by atoms with Crippen LogP contribution in [-0.4, -0.2) is 22.2 Å². The molecule has 0 radical (unpaired) electrons. The molecule has 0 amide bonds. The standard InChI is InChI=1S/C18H22NO3P/c1-2-18-19(13-15-9-5-3-6-10-15)17(14-22-23(18,20)21)16-11-7-4-8-12-16/h3-12,17-18H,2,13-14H2,1H3,(H,20,21)/t17-,18-/m0/s1. The van der Waals surface area contributed by atoms with Crippen LogP contribution in [0.4, 0.5) is 0 Å². The predicted octanol–water partition coefficient (Wildman–Crippen LogP) is 4.18. The molecule has 5 heteroatoms. The summed E-state index contributed by atoms with van der Waals surface area (Å²) in [7, 11) is -3.62. The number of hydrogen-bond donors (Lipinski definition) is 1. The van der Waals surface area contributed by atoms with Gasteiger partial charge in [0.2, 0.25) is 0 Å². The predicted molar refractivity (Wildman–Crippen MR) is 91.0 cm³/mol. The van der Waals surface area contributed by atoms with Gasteiger partial charge < -0.3 is 9.42 Å². The molecular weight excluding hydrogens is 309 g/mol. The maximum Gasteiger partial charge on any atom is 0.345 e. The molecule has 23 heavy (non-hydrogen) atoms. The lowest BCUT2D eigenvalue weighted by Crippen LogP contribution is -2.43. The molecule has 0 aromatic heterocycles. The van der Waals surface area contributed by atoms with E-state index in [0.717, 1.165) is 11.1 Å². The van der Waals surface area contributed by atoms with Crippen molar-refractivity contribution >= 4 is 7.60 Å². The fourth-order valence-electron chi connectivity index (χ4n) is 3.19. The van der Waals surface area contributed by atoms with Crippen molar-refractivity contribution in [1.82, 2.24) is 4.90 Å². The van der Waals surface area contributed by atoms with E-state index in [-0.39, 0.29) is 12.6 Å². The van der Waals surface area contributed by atoms with Gasteiger partial charge in [-0.05, 0) is 17.5 Å². The minimum absolute atomic E-state index is 0.0180. The molecule has 0 bridgehead atoms. The fraction of sp³-hybridized carbons (Fsp3) is 0.333. The molecule has 1 heterocycles. The molecule has 1 fully saturated rings. The van der Waals surface area contributed by atoms with E-state index in [1.165, 1.54) is 0 Å². The van der Waals surface area contributed by atoms with Gasteiger partial charge in [0, 0.05) is 6.54 Å². The van der Waals surface area contributed by atoms with Crippen molar-refractivity contribution in [3.05, 3.63) is 71.8 Å². The Hall–Kier alpha value is -1.45. The Morgan fingerprint density at radius 2 is 1.74 bits per heavy atom. The van der Waals surface area contributed by atoms with Gasteiger partial charge in [-0.2, -0.15) is 0 Å². The molecule has 1 aliphatic rings. The summed E-state index contributed by atoms with van der Waals surface area (Å²) < 4.78 is 17.8. The van der Waals surface area contributed by atoms with E-state index in [0.29, 0.717) is 13.0 Å². The summed E-state index contributed by atoms with van der Waals surface area (Å²) in [6.07, 6.45) is 0.573. The Kier molecular flexibility index (Phi) is 4.98. The van der Waals surface area contributed by atoms with E-state index in [2.05, 4.69) is 4.90 Å². The summed E-state index contributed by atoms with van der Waals surface area (Å²) in [5.41, 5.74) is 2.25. The molecule has 0 spiro atoms. The lowest BCUT2D eigenvalue weighted by molar-refractivity contribution is 0.0519. The Morgan fingerprint density at radius 1 is 1.13 bits per heavy atom. The fourth-order valence-corrected chi connectivity index (χ4v) is 4.80. The van der Waals surface area contributed by atoms with Crippen molar-refractivity contribution in [2.24, 2.45) is 0 Å². The summed E-state index contributed by atoms with van der Waals surface area (Å²) in [5.74, 6) is -0.485. The molecule has 3 atom stereocenters. The maximum atomic E-state index is 12.5. The number of benzene rings is 2. The normalized spacial score (nSPS) is 28.6. The van der Waals surface area contributed by atoms with Crippen LogP contribution in [0.15, 0.2) is 60.7 Å². The Balaban J connectivity index is 1.96. The third kappa shape index (κ3) is 3.56. The Labute approximate surface area is 137 Å². The van der Waals surface area contributed by atoms with Gasteiger partial charge in [-0.25, -0.2) is 0 Å². The highest BCUT2D eigenvalue weighted by molar-refractivity contribution is 7.53. The van der Waals surface area contributed by atoms with Gasteiger partial charge in [0.05, 0.1) is 12.6 Å². The number of nitrogens with zero attached hydrogens (tertiary/aromatic N) is 1. The molecule has 1 unspecified atom stereocenters. The topological polar surface area (TPSA) is 49.8 Å². The molecule has 1 saturated heterocycles.